The number of amides is 1. The zero-order valence-corrected chi connectivity index (χ0v) is 17.1. The molecule has 0 aromatic carbocycles. The summed E-state index contributed by atoms with van der Waals surface area (Å²) >= 11 is 0. The predicted molar refractivity (Wildman–Crippen MR) is 105 cm³/mol. The minimum absolute atomic E-state index is 0. The van der Waals surface area contributed by atoms with Crippen molar-refractivity contribution in [3.8, 4) is 0 Å². The van der Waals surface area contributed by atoms with Crippen LogP contribution in [-0.4, -0.2) is 55.2 Å². The molecule has 3 rings (SSSR count). The first-order chi connectivity index (χ1) is 11.0. The van der Waals surface area contributed by atoms with Crippen molar-refractivity contribution in [2.24, 2.45) is 23.5 Å². The maximum Gasteiger partial charge on any atom is 0.225 e. The van der Waals surface area contributed by atoms with Crippen molar-refractivity contribution in [3.05, 3.63) is 0 Å². The van der Waals surface area contributed by atoms with E-state index in [-0.39, 0.29) is 42.7 Å². The third-order valence-corrected chi connectivity index (χ3v) is 6.08. The standard InChI is InChI=1S/C18H33N3O2.2ClH/c1-12(2)23-10-9-21-7-5-15(6-8-21)20-18(22)16-13-3-4-14(11-13)17(16)19;;/h12-17H,3-11,19H2,1-2H3,(H,20,22);2*1H. The van der Waals surface area contributed by atoms with E-state index in [0.29, 0.717) is 24.0 Å². The van der Waals surface area contributed by atoms with Crippen molar-refractivity contribution in [2.75, 3.05) is 26.2 Å². The summed E-state index contributed by atoms with van der Waals surface area (Å²) in [6, 6.07) is 0.429. The molecule has 4 unspecified atom stereocenters. The van der Waals surface area contributed by atoms with Gasteiger partial charge in [-0.05, 0) is 57.8 Å². The van der Waals surface area contributed by atoms with Gasteiger partial charge >= 0.3 is 0 Å². The lowest BCUT2D eigenvalue weighted by Gasteiger charge is -2.34. The SMILES string of the molecule is CC(C)OCCN1CCC(NC(=O)C2C3CCC(C3)C2N)CC1.Cl.Cl. The second-order valence-corrected chi connectivity index (χ2v) is 7.98. The first-order valence-electron chi connectivity index (χ1n) is 9.44. The third kappa shape index (κ3) is 5.70. The number of nitrogens with zero attached hydrogens (tertiary/aromatic N) is 1. The summed E-state index contributed by atoms with van der Waals surface area (Å²) in [6.07, 6.45) is 6.00. The fourth-order valence-electron chi connectivity index (χ4n) is 4.74. The van der Waals surface area contributed by atoms with E-state index < -0.39 is 0 Å². The van der Waals surface area contributed by atoms with Crippen LogP contribution in [0.1, 0.15) is 46.0 Å². The number of hydrogen-bond donors (Lipinski definition) is 2. The molecule has 1 aliphatic heterocycles. The molecule has 3 fully saturated rings. The Hall–Kier alpha value is -0.0700. The molecule has 3 aliphatic rings. The minimum Gasteiger partial charge on any atom is -0.377 e. The molecule has 2 aliphatic carbocycles. The highest BCUT2D eigenvalue weighted by molar-refractivity contribution is 5.85. The molecule has 0 spiro atoms. The smallest absolute Gasteiger partial charge is 0.225 e. The summed E-state index contributed by atoms with van der Waals surface area (Å²) in [5.74, 6) is 1.44. The average molecular weight is 396 g/mol. The van der Waals surface area contributed by atoms with Crippen LogP contribution in [0.15, 0.2) is 0 Å². The zero-order valence-electron chi connectivity index (χ0n) is 15.5. The fraction of sp³-hybridized carbons (Fsp3) is 0.944. The normalized spacial score (nSPS) is 32.3. The maximum absolute atomic E-state index is 12.6. The van der Waals surface area contributed by atoms with Gasteiger partial charge in [0, 0.05) is 31.7 Å². The van der Waals surface area contributed by atoms with Crippen molar-refractivity contribution in [3.63, 3.8) is 0 Å². The molecule has 2 bridgehead atoms. The summed E-state index contributed by atoms with van der Waals surface area (Å²) in [6.45, 7) is 8.04. The van der Waals surface area contributed by atoms with Crippen LogP contribution in [0.25, 0.3) is 0 Å². The first kappa shape index (κ1) is 23.0. The van der Waals surface area contributed by atoms with E-state index in [1.165, 1.54) is 19.3 Å². The molecule has 1 amide bonds. The Kier molecular flexibility index (Phi) is 9.47. The van der Waals surface area contributed by atoms with E-state index in [9.17, 15) is 4.79 Å². The molecule has 0 aromatic rings. The molecule has 1 saturated heterocycles. The van der Waals surface area contributed by atoms with Gasteiger partial charge < -0.3 is 20.7 Å². The Morgan fingerprint density at radius 1 is 1.16 bits per heavy atom. The van der Waals surface area contributed by atoms with Gasteiger partial charge in [0.1, 0.15) is 0 Å². The molecular formula is C18H35Cl2N3O2. The molecule has 0 radical (unpaired) electrons. The largest absolute Gasteiger partial charge is 0.377 e. The summed E-state index contributed by atoms with van der Waals surface area (Å²) in [7, 11) is 0. The number of halogens is 2. The molecule has 2 saturated carbocycles. The number of piperidine rings is 1. The average Bonchev–Trinajstić information content (AvgIpc) is 3.09. The van der Waals surface area contributed by atoms with E-state index in [4.69, 9.17) is 10.5 Å². The molecule has 0 aromatic heterocycles. The number of hydrogen-bond acceptors (Lipinski definition) is 4. The van der Waals surface area contributed by atoms with Crippen LogP contribution in [0.5, 0.6) is 0 Å². The van der Waals surface area contributed by atoms with E-state index in [1.54, 1.807) is 0 Å². The monoisotopic (exact) mass is 395 g/mol. The van der Waals surface area contributed by atoms with Crippen LogP contribution < -0.4 is 11.1 Å². The van der Waals surface area contributed by atoms with Gasteiger partial charge in [-0.1, -0.05) is 0 Å². The lowest BCUT2D eigenvalue weighted by Crippen LogP contribution is -2.51. The highest BCUT2D eigenvalue weighted by Crippen LogP contribution is 2.47. The van der Waals surface area contributed by atoms with Gasteiger partial charge in [-0.2, -0.15) is 0 Å². The number of rotatable bonds is 6. The maximum atomic E-state index is 12.6. The van der Waals surface area contributed by atoms with Crippen LogP contribution in [0, 0.1) is 17.8 Å². The second kappa shape index (κ2) is 10.3. The van der Waals surface area contributed by atoms with Crippen molar-refractivity contribution in [1.82, 2.24) is 10.2 Å². The van der Waals surface area contributed by atoms with Gasteiger partial charge in [-0.15, -0.1) is 24.8 Å². The lowest BCUT2D eigenvalue weighted by molar-refractivity contribution is -0.128. The van der Waals surface area contributed by atoms with Crippen molar-refractivity contribution in [1.29, 1.82) is 0 Å². The van der Waals surface area contributed by atoms with E-state index in [0.717, 1.165) is 39.1 Å². The van der Waals surface area contributed by atoms with Gasteiger partial charge in [0.05, 0.1) is 18.6 Å². The van der Waals surface area contributed by atoms with Crippen LogP contribution in [0.2, 0.25) is 0 Å². The number of ether oxygens (including phenoxy) is 1. The Morgan fingerprint density at radius 2 is 1.80 bits per heavy atom. The molecule has 148 valence electrons. The summed E-state index contributed by atoms with van der Waals surface area (Å²) in [5.41, 5.74) is 6.29. The molecular weight excluding hydrogens is 361 g/mol. The number of nitrogens with one attached hydrogen (secondary N) is 1. The highest BCUT2D eigenvalue weighted by atomic mass is 35.5. The number of carbonyl (C=O) groups is 1. The fourth-order valence-corrected chi connectivity index (χ4v) is 4.74. The number of fused-ring (bicyclic) bond motifs is 2. The van der Waals surface area contributed by atoms with Crippen molar-refractivity contribution in [2.45, 2.75) is 64.1 Å². The summed E-state index contributed by atoms with van der Waals surface area (Å²) in [5, 5.41) is 3.29. The summed E-state index contributed by atoms with van der Waals surface area (Å²) < 4.78 is 5.62. The van der Waals surface area contributed by atoms with Crippen LogP contribution >= 0.6 is 24.8 Å². The quantitative estimate of drug-likeness (QED) is 0.723. The molecule has 7 heteroatoms. The van der Waals surface area contributed by atoms with Gasteiger partial charge in [0.2, 0.25) is 5.91 Å². The van der Waals surface area contributed by atoms with Gasteiger partial charge in [0.25, 0.3) is 0 Å². The Morgan fingerprint density at radius 3 is 2.36 bits per heavy atom. The van der Waals surface area contributed by atoms with Gasteiger partial charge in [0.15, 0.2) is 0 Å². The first-order valence-corrected chi connectivity index (χ1v) is 9.44. The van der Waals surface area contributed by atoms with E-state index >= 15 is 0 Å². The van der Waals surface area contributed by atoms with Crippen molar-refractivity contribution >= 4 is 30.7 Å². The van der Waals surface area contributed by atoms with Gasteiger partial charge in [-0.25, -0.2) is 0 Å². The molecule has 25 heavy (non-hydrogen) atoms. The Bertz CT molecular complexity index is 415. The molecule has 5 nitrogen and oxygen atoms in total. The van der Waals surface area contributed by atoms with Crippen LogP contribution in [0.4, 0.5) is 0 Å². The van der Waals surface area contributed by atoms with E-state index in [2.05, 4.69) is 24.1 Å². The molecule has 4 atom stereocenters. The highest BCUT2D eigenvalue weighted by Gasteiger charge is 2.49. The Labute approximate surface area is 164 Å². The number of nitrogens with two attached hydrogens (primary N) is 1. The summed E-state index contributed by atoms with van der Waals surface area (Å²) in [4.78, 5) is 15.1. The third-order valence-electron chi connectivity index (χ3n) is 6.08. The topological polar surface area (TPSA) is 67.6 Å². The number of likely N-dealkylation sites (tertiary alicyclic amines) is 1. The predicted octanol–water partition coefficient (Wildman–Crippen LogP) is 2.21. The molecule has 3 N–H and O–H groups in total. The van der Waals surface area contributed by atoms with Crippen molar-refractivity contribution < 1.29 is 9.53 Å². The van der Waals surface area contributed by atoms with Gasteiger partial charge in [-0.3, -0.25) is 4.79 Å². The lowest BCUT2D eigenvalue weighted by atomic mass is 9.84. The molecule has 1 heterocycles. The van der Waals surface area contributed by atoms with Crippen LogP contribution in [-0.2, 0) is 9.53 Å². The second-order valence-electron chi connectivity index (χ2n) is 7.98. The number of carbonyl (C=O) groups excluding carboxylic acids is 1. The zero-order chi connectivity index (χ0) is 16.4. The Balaban J connectivity index is 0.00000156. The van der Waals surface area contributed by atoms with Crippen LogP contribution in [0.3, 0.4) is 0 Å². The minimum atomic E-state index is 0. The van der Waals surface area contributed by atoms with E-state index in [1.807, 2.05) is 0 Å².